The summed E-state index contributed by atoms with van der Waals surface area (Å²) in [5.74, 6) is -0.168. The summed E-state index contributed by atoms with van der Waals surface area (Å²) in [6.45, 7) is 7.22. The maximum absolute atomic E-state index is 12.1. The van der Waals surface area contributed by atoms with E-state index in [4.69, 9.17) is 10.5 Å². The zero-order valence-electron chi connectivity index (χ0n) is 20.4. The topological polar surface area (TPSA) is 145 Å². The molecule has 1 unspecified atom stereocenters. The lowest BCUT2D eigenvalue weighted by molar-refractivity contribution is -0.154. The number of pyridine rings is 1. The van der Waals surface area contributed by atoms with Crippen LogP contribution in [0.25, 0.3) is 32.6 Å². The van der Waals surface area contributed by atoms with Gasteiger partial charge in [-0.15, -0.1) is 0 Å². The molecule has 0 fully saturated rings. The number of nitrogens with one attached hydrogen (secondary N) is 2. The number of hydrogen-bond acceptors (Lipinski definition) is 9. The van der Waals surface area contributed by atoms with Crippen LogP contribution in [0.3, 0.4) is 0 Å². The Bertz CT molecular complexity index is 1380. The van der Waals surface area contributed by atoms with Gasteiger partial charge in [-0.3, -0.25) is 15.1 Å². The number of nitrogens with two attached hydrogens (primary N) is 1. The second-order valence-corrected chi connectivity index (χ2v) is 9.69. The SMILES string of the molecule is CCNC(=O)Nc1nc2cc(-c3cnc(C(C)OC(=O)C(C)(C)N)nc3)cc(-c3ccccn3)c2s1. The van der Waals surface area contributed by atoms with Crippen molar-refractivity contribution in [3.63, 3.8) is 0 Å². The molecule has 11 heteroatoms. The highest BCUT2D eigenvalue weighted by atomic mass is 32.1. The molecular weight excluding hydrogens is 478 g/mol. The van der Waals surface area contributed by atoms with Gasteiger partial charge in [-0.25, -0.2) is 19.7 Å². The third-order valence-electron chi connectivity index (χ3n) is 5.17. The average Bonchev–Trinajstić information content (AvgIpc) is 3.25. The van der Waals surface area contributed by atoms with E-state index in [1.165, 1.54) is 11.3 Å². The highest BCUT2D eigenvalue weighted by Gasteiger charge is 2.27. The number of carbonyl (C=O) groups is 2. The van der Waals surface area contributed by atoms with Gasteiger partial charge >= 0.3 is 12.0 Å². The molecule has 36 heavy (non-hydrogen) atoms. The van der Waals surface area contributed by atoms with Crippen LogP contribution in [0.1, 0.15) is 39.6 Å². The summed E-state index contributed by atoms with van der Waals surface area (Å²) < 4.78 is 6.28. The minimum absolute atomic E-state index is 0.312. The molecular formula is C25H27N7O3S. The van der Waals surface area contributed by atoms with Crippen molar-refractivity contribution in [3.05, 3.63) is 54.7 Å². The third-order valence-corrected chi connectivity index (χ3v) is 6.19. The zero-order chi connectivity index (χ0) is 25.9. The Morgan fingerprint density at radius 3 is 2.53 bits per heavy atom. The monoisotopic (exact) mass is 505 g/mol. The van der Waals surface area contributed by atoms with Gasteiger partial charge in [0.25, 0.3) is 0 Å². The van der Waals surface area contributed by atoms with E-state index in [9.17, 15) is 9.59 Å². The largest absolute Gasteiger partial charge is 0.453 e. The molecule has 4 rings (SSSR count). The number of ether oxygens (including phenoxy) is 1. The van der Waals surface area contributed by atoms with Crippen LogP contribution in [0, 0.1) is 0 Å². The summed E-state index contributed by atoms with van der Waals surface area (Å²) in [4.78, 5) is 42.1. The first-order valence-electron chi connectivity index (χ1n) is 11.4. The number of carbonyl (C=O) groups excluding carboxylic acids is 2. The first-order valence-corrected chi connectivity index (χ1v) is 12.2. The Hall–Kier alpha value is -3.96. The van der Waals surface area contributed by atoms with Crippen molar-refractivity contribution in [3.8, 4) is 22.4 Å². The Kier molecular flexibility index (Phi) is 7.22. The summed E-state index contributed by atoms with van der Waals surface area (Å²) in [6.07, 6.45) is 4.42. The molecule has 0 saturated carbocycles. The molecule has 0 aliphatic heterocycles. The molecule has 3 heterocycles. The minimum atomic E-state index is -1.11. The number of amides is 2. The standard InChI is InChI=1S/C25H27N7O3S/c1-5-27-23(34)32-24-31-19-11-15(10-17(20(19)36-24)18-8-6-7-9-28-18)16-12-29-21(30-13-16)14(2)35-22(33)25(3,4)26/h6-14H,5,26H2,1-4H3,(H2,27,31,32,34). The van der Waals surface area contributed by atoms with Crippen molar-refractivity contribution in [1.29, 1.82) is 0 Å². The number of thiazole rings is 1. The molecule has 0 bridgehead atoms. The van der Waals surface area contributed by atoms with Crippen LogP contribution in [0.5, 0.6) is 0 Å². The van der Waals surface area contributed by atoms with Gasteiger partial charge in [-0.05, 0) is 57.5 Å². The van der Waals surface area contributed by atoms with Crippen LogP contribution in [-0.2, 0) is 9.53 Å². The lowest BCUT2D eigenvalue weighted by Crippen LogP contribution is -2.43. The van der Waals surface area contributed by atoms with Crippen molar-refractivity contribution in [2.45, 2.75) is 39.3 Å². The second kappa shape index (κ2) is 10.3. The summed E-state index contributed by atoms with van der Waals surface area (Å²) in [5, 5.41) is 5.97. The van der Waals surface area contributed by atoms with E-state index in [1.54, 1.807) is 39.4 Å². The van der Waals surface area contributed by atoms with Crippen molar-refractivity contribution in [2.24, 2.45) is 5.73 Å². The molecule has 186 valence electrons. The maximum Gasteiger partial charge on any atom is 0.326 e. The molecule has 1 aromatic carbocycles. The molecule has 0 aliphatic rings. The maximum atomic E-state index is 12.1. The normalized spacial score (nSPS) is 12.2. The van der Waals surface area contributed by atoms with E-state index >= 15 is 0 Å². The first-order chi connectivity index (χ1) is 17.2. The predicted molar refractivity (Wildman–Crippen MR) is 139 cm³/mol. The summed E-state index contributed by atoms with van der Waals surface area (Å²) >= 11 is 1.38. The number of esters is 1. The van der Waals surface area contributed by atoms with Gasteiger partial charge in [0, 0.05) is 36.3 Å². The van der Waals surface area contributed by atoms with E-state index in [1.807, 2.05) is 37.3 Å². The van der Waals surface area contributed by atoms with Gasteiger partial charge in [-0.2, -0.15) is 0 Å². The molecule has 10 nitrogen and oxygen atoms in total. The first kappa shape index (κ1) is 25.1. The summed E-state index contributed by atoms with van der Waals surface area (Å²) in [6, 6.07) is 9.29. The Morgan fingerprint density at radius 1 is 1.14 bits per heavy atom. The van der Waals surface area contributed by atoms with Crippen LogP contribution < -0.4 is 16.4 Å². The lowest BCUT2D eigenvalue weighted by atomic mass is 10.0. The number of rotatable bonds is 7. The smallest absolute Gasteiger partial charge is 0.326 e. The van der Waals surface area contributed by atoms with Crippen LogP contribution >= 0.6 is 11.3 Å². The fraction of sp³-hybridized carbons (Fsp3) is 0.280. The predicted octanol–water partition coefficient (Wildman–Crippen LogP) is 4.30. The average molecular weight is 506 g/mol. The molecule has 4 aromatic rings. The van der Waals surface area contributed by atoms with Gasteiger partial charge in [0.1, 0.15) is 5.54 Å². The van der Waals surface area contributed by atoms with Gasteiger partial charge in [-0.1, -0.05) is 17.4 Å². The Balaban J connectivity index is 1.69. The molecule has 4 N–H and O–H groups in total. The van der Waals surface area contributed by atoms with Gasteiger partial charge in [0.15, 0.2) is 17.1 Å². The summed E-state index contributed by atoms with van der Waals surface area (Å²) in [5.41, 5.74) is 8.64. The van der Waals surface area contributed by atoms with E-state index in [0.717, 1.165) is 27.1 Å². The highest BCUT2D eigenvalue weighted by Crippen LogP contribution is 2.38. The van der Waals surface area contributed by atoms with Crippen molar-refractivity contribution in [1.82, 2.24) is 25.3 Å². The lowest BCUT2D eigenvalue weighted by Gasteiger charge is -2.20. The number of hydrogen-bond donors (Lipinski definition) is 3. The van der Waals surface area contributed by atoms with Gasteiger partial charge < -0.3 is 15.8 Å². The Morgan fingerprint density at radius 2 is 1.89 bits per heavy atom. The number of fused-ring (bicyclic) bond motifs is 1. The molecule has 0 radical (unpaired) electrons. The third kappa shape index (κ3) is 5.64. The van der Waals surface area contributed by atoms with E-state index < -0.39 is 17.6 Å². The van der Waals surface area contributed by atoms with Gasteiger partial charge in [0.2, 0.25) is 0 Å². The molecule has 2 amide bonds. The quantitative estimate of drug-likeness (QED) is 0.315. The molecule has 0 saturated heterocycles. The van der Waals surface area contributed by atoms with E-state index in [0.29, 0.717) is 23.0 Å². The molecule has 1 atom stereocenters. The number of benzene rings is 1. The second-order valence-electron chi connectivity index (χ2n) is 8.69. The molecule has 0 spiro atoms. The fourth-order valence-electron chi connectivity index (χ4n) is 3.33. The van der Waals surface area contributed by atoms with Crippen LogP contribution in [0.2, 0.25) is 0 Å². The zero-order valence-corrected chi connectivity index (χ0v) is 21.2. The number of urea groups is 1. The fourth-order valence-corrected chi connectivity index (χ4v) is 4.29. The van der Waals surface area contributed by atoms with Crippen LogP contribution in [0.15, 0.2) is 48.9 Å². The van der Waals surface area contributed by atoms with E-state index in [-0.39, 0.29) is 6.03 Å². The van der Waals surface area contributed by atoms with Crippen molar-refractivity contribution < 1.29 is 14.3 Å². The molecule has 3 aromatic heterocycles. The van der Waals surface area contributed by atoms with Crippen molar-refractivity contribution in [2.75, 3.05) is 11.9 Å². The Labute approximate surface area is 212 Å². The van der Waals surface area contributed by atoms with Crippen LogP contribution in [-0.4, -0.2) is 44.0 Å². The molecule has 0 aliphatic carbocycles. The van der Waals surface area contributed by atoms with Crippen LogP contribution in [0.4, 0.5) is 9.93 Å². The number of nitrogens with zero attached hydrogens (tertiary/aromatic N) is 4. The minimum Gasteiger partial charge on any atom is -0.453 e. The van der Waals surface area contributed by atoms with E-state index in [2.05, 4.69) is 30.6 Å². The van der Waals surface area contributed by atoms with Gasteiger partial charge in [0.05, 0.1) is 15.9 Å². The highest BCUT2D eigenvalue weighted by molar-refractivity contribution is 7.22. The van der Waals surface area contributed by atoms with Crippen molar-refractivity contribution >= 4 is 38.7 Å². The number of aromatic nitrogens is 4. The number of anilines is 1. The summed E-state index contributed by atoms with van der Waals surface area (Å²) in [7, 11) is 0.